The van der Waals surface area contributed by atoms with E-state index in [1.807, 2.05) is 0 Å². The molecule has 0 unspecified atom stereocenters. The number of amidine groups is 1. The van der Waals surface area contributed by atoms with Crippen LogP contribution in [0.2, 0.25) is 10.0 Å². The standard InChI is InChI=1S/C14H11Cl2N3O2/c15-10-4-2-1-3-9(10)14(20)18-12-6-5-8(7-11(12)16)13(17)19-21/h1-7,21H,(H2,17,19)(H,18,20). The normalized spacial score (nSPS) is 11.2. The van der Waals surface area contributed by atoms with E-state index in [0.717, 1.165) is 0 Å². The fourth-order valence-corrected chi connectivity index (χ4v) is 2.12. The molecule has 5 nitrogen and oxygen atoms in total. The molecule has 0 aromatic heterocycles. The minimum Gasteiger partial charge on any atom is -0.409 e. The summed E-state index contributed by atoms with van der Waals surface area (Å²) in [5.74, 6) is -0.445. The number of nitrogens with zero attached hydrogens (tertiary/aromatic N) is 1. The Kier molecular flexibility index (Phi) is 4.67. The van der Waals surface area contributed by atoms with E-state index in [2.05, 4.69) is 10.5 Å². The van der Waals surface area contributed by atoms with E-state index in [-0.39, 0.29) is 16.8 Å². The smallest absolute Gasteiger partial charge is 0.257 e. The van der Waals surface area contributed by atoms with Crippen molar-refractivity contribution in [1.82, 2.24) is 0 Å². The quantitative estimate of drug-likeness (QED) is 0.350. The monoisotopic (exact) mass is 323 g/mol. The lowest BCUT2D eigenvalue weighted by Gasteiger charge is -2.09. The second kappa shape index (κ2) is 6.47. The minimum absolute atomic E-state index is 0.0686. The van der Waals surface area contributed by atoms with Crippen LogP contribution in [0.15, 0.2) is 47.6 Å². The molecule has 0 heterocycles. The average molecular weight is 324 g/mol. The minimum atomic E-state index is -0.376. The van der Waals surface area contributed by atoms with Crippen LogP contribution in [-0.4, -0.2) is 17.0 Å². The summed E-state index contributed by atoms with van der Waals surface area (Å²) in [6, 6.07) is 11.3. The van der Waals surface area contributed by atoms with Crippen LogP contribution < -0.4 is 11.1 Å². The highest BCUT2D eigenvalue weighted by atomic mass is 35.5. The summed E-state index contributed by atoms with van der Waals surface area (Å²) >= 11 is 12.0. The first-order valence-corrected chi connectivity index (χ1v) is 6.62. The first-order chi connectivity index (χ1) is 10.0. The molecule has 0 aliphatic heterocycles. The Balaban J connectivity index is 2.25. The van der Waals surface area contributed by atoms with Gasteiger partial charge in [-0.1, -0.05) is 40.5 Å². The molecule has 0 saturated heterocycles. The number of amides is 1. The summed E-state index contributed by atoms with van der Waals surface area (Å²) in [7, 11) is 0. The molecule has 0 atom stereocenters. The van der Waals surface area contributed by atoms with Gasteiger partial charge in [0.15, 0.2) is 5.84 Å². The number of hydrogen-bond donors (Lipinski definition) is 3. The number of carbonyl (C=O) groups excluding carboxylic acids is 1. The van der Waals surface area contributed by atoms with E-state index in [4.69, 9.17) is 34.1 Å². The van der Waals surface area contributed by atoms with Crippen LogP contribution in [0, 0.1) is 0 Å². The topological polar surface area (TPSA) is 87.7 Å². The lowest BCUT2D eigenvalue weighted by atomic mass is 10.1. The lowest BCUT2D eigenvalue weighted by Crippen LogP contribution is -2.15. The van der Waals surface area contributed by atoms with Gasteiger partial charge in [-0.15, -0.1) is 0 Å². The zero-order valence-corrected chi connectivity index (χ0v) is 12.2. The zero-order valence-electron chi connectivity index (χ0n) is 10.7. The largest absolute Gasteiger partial charge is 0.409 e. The second-order valence-corrected chi connectivity index (χ2v) is 4.93. The molecule has 0 bridgehead atoms. The molecule has 2 aromatic carbocycles. The lowest BCUT2D eigenvalue weighted by molar-refractivity contribution is 0.102. The molecule has 2 aromatic rings. The third-order valence-electron chi connectivity index (χ3n) is 2.74. The van der Waals surface area contributed by atoms with Gasteiger partial charge >= 0.3 is 0 Å². The van der Waals surface area contributed by atoms with Crippen molar-refractivity contribution in [2.75, 3.05) is 5.32 Å². The number of anilines is 1. The van der Waals surface area contributed by atoms with Crippen molar-refractivity contribution in [3.8, 4) is 0 Å². The van der Waals surface area contributed by atoms with Crippen LogP contribution in [0.1, 0.15) is 15.9 Å². The van der Waals surface area contributed by atoms with E-state index >= 15 is 0 Å². The molecule has 7 heteroatoms. The van der Waals surface area contributed by atoms with Crippen molar-refractivity contribution < 1.29 is 10.0 Å². The molecule has 0 fully saturated rings. The number of oxime groups is 1. The van der Waals surface area contributed by atoms with Gasteiger partial charge in [0, 0.05) is 5.56 Å². The third kappa shape index (κ3) is 3.45. The Morgan fingerprint density at radius 1 is 1.14 bits per heavy atom. The highest BCUT2D eigenvalue weighted by Gasteiger charge is 2.12. The highest BCUT2D eigenvalue weighted by Crippen LogP contribution is 2.24. The molecule has 0 saturated carbocycles. The van der Waals surface area contributed by atoms with Gasteiger partial charge in [0.25, 0.3) is 5.91 Å². The SMILES string of the molecule is N/C(=N/O)c1ccc(NC(=O)c2ccccc2Cl)c(Cl)c1. The van der Waals surface area contributed by atoms with Crippen LogP contribution in [-0.2, 0) is 0 Å². The fourth-order valence-electron chi connectivity index (χ4n) is 1.67. The summed E-state index contributed by atoms with van der Waals surface area (Å²) in [5.41, 5.74) is 6.65. The van der Waals surface area contributed by atoms with E-state index in [0.29, 0.717) is 21.8 Å². The molecule has 0 aliphatic rings. The Hall–Kier alpha value is -2.24. The van der Waals surface area contributed by atoms with Gasteiger partial charge in [-0.05, 0) is 30.3 Å². The molecule has 0 aliphatic carbocycles. The number of benzene rings is 2. The summed E-state index contributed by atoms with van der Waals surface area (Å²) in [6.45, 7) is 0. The zero-order chi connectivity index (χ0) is 15.4. The second-order valence-electron chi connectivity index (χ2n) is 4.11. The van der Waals surface area contributed by atoms with Gasteiger partial charge < -0.3 is 16.3 Å². The number of nitrogens with two attached hydrogens (primary N) is 1. The van der Waals surface area contributed by atoms with Crippen LogP contribution in [0.4, 0.5) is 5.69 Å². The number of nitrogens with one attached hydrogen (secondary N) is 1. The van der Waals surface area contributed by atoms with Crippen LogP contribution in [0.25, 0.3) is 0 Å². The summed E-state index contributed by atoms with van der Waals surface area (Å²) < 4.78 is 0. The fraction of sp³-hybridized carbons (Fsp3) is 0. The Bertz CT molecular complexity index is 717. The first kappa shape index (κ1) is 15.2. The van der Waals surface area contributed by atoms with Crippen LogP contribution in [0.3, 0.4) is 0 Å². The molecule has 0 spiro atoms. The average Bonchev–Trinajstić information content (AvgIpc) is 2.48. The van der Waals surface area contributed by atoms with E-state index < -0.39 is 0 Å². The van der Waals surface area contributed by atoms with Crippen molar-refractivity contribution in [1.29, 1.82) is 0 Å². The molecule has 21 heavy (non-hydrogen) atoms. The van der Waals surface area contributed by atoms with Gasteiger partial charge in [-0.3, -0.25) is 4.79 Å². The molecule has 4 N–H and O–H groups in total. The summed E-state index contributed by atoms with van der Waals surface area (Å²) in [5, 5.41) is 14.8. The third-order valence-corrected chi connectivity index (χ3v) is 3.38. The summed E-state index contributed by atoms with van der Waals surface area (Å²) in [6.07, 6.45) is 0. The van der Waals surface area contributed by atoms with E-state index in [1.165, 1.54) is 6.07 Å². The maximum Gasteiger partial charge on any atom is 0.257 e. The molecular weight excluding hydrogens is 313 g/mol. The van der Waals surface area contributed by atoms with Gasteiger partial charge in [0.1, 0.15) is 0 Å². The van der Waals surface area contributed by atoms with Gasteiger partial charge in [-0.2, -0.15) is 0 Å². The number of halogens is 2. The molecule has 1 amide bonds. The van der Waals surface area contributed by atoms with Crippen LogP contribution in [0.5, 0.6) is 0 Å². The maximum absolute atomic E-state index is 12.1. The van der Waals surface area contributed by atoms with Crippen LogP contribution >= 0.6 is 23.2 Å². The summed E-state index contributed by atoms with van der Waals surface area (Å²) in [4.78, 5) is 12.1. The van der Waals surface area contributed by atoms with Crippen molar-refractivity contribution >= 4 is 40.6 Å². The maximum atomic E-state index is 12.1. The number of carbonyl (C=O) groups is 1. The van der Waals surface area contributed by atoms with Gasteiger partial charge in [0.2, 0.25) is 0 Å². The van der Waals surface area contributed by atoms with E-state index in [9.17, 15) is 4.79 Å². The molecule has 0 radical (unpaired) electrons. The predicted molar refractivity (Wildman–Crippen MR) is 83.4 cm³/mol. The predicted octanol–water partition coefficient (Wildman–Crippen LogP) is 3.34. The highest BCUT2D eigenvalue weighted by molar-refractivity contribution is 6.36. The Labute approximate surface area is 131 Å². The molecule has 108 valence electrons. The van der Waals surface area contributed by atoms with Gasteiger partial charge in [0.05, 0.1) is 21.3 Å². The molecule has 2 rings (SSSR count). The Morgan fingerprint density at radius 3 is 2.48 bits per heavy atom. The van der Waals surface area contributed by atoms with Crippen molar-refractivity contribution in [2.24, 2.45) is 10.9 Å². The van der Waals surface area contributed by atoms with Crippen molar-refractivity contribution in [2.45, 2.75) is 0 Å². The Morgan fingerprint density at radius 2 is 1.86 bits per heavy atom. The van der Waals surface area contributed by atoms with Gasteiger partial charge in [-0.25, -0.2) is 0 Å². The van der Waals surface area contributed by atoms with Crippen molar-refractivity contribution in [3.63, 3.8) is 0 Å². The van der Waals surface area contributed by atoms with E-state index in [1.54, 1.807) is 36.4 Å². The van der Waals surface area contributed by atoms with Crippen molar-refractivity contribution in [3.05, 3.63) is 63.6 Å². The molecular formula is C14H11Cl2N3O2. The number of hydrogen-bond acceptors (Lipinski definition) is 3. The number of rotatable bonds is 3. The first-order valence-electron chi connectivity index (χ1n) is 5.86.